The van der Waals surface area contributed by atoms with Crippen molar-refractivity contribution >= 4 is 5.69 Å². The smallest absolute Gasteiger partial charge is 0.129 e. The Morgan fingerprint density at radius 3 is 2.76 bits per heavy atom. The predicted octanol–water partition coefficient (Wildman–Crippen LogP) is 4.14. The first-order chi connectivity index (χ1) is 8.15. The molecule has 0 saturated carbocycles. The molecule has 1 N–H and O–H groups in total. The Morgan fingerprint density at radius 2 is 2.12 bits per heavy atom. The molecule has 0 amide bonds. The first-order valence-electron chi connectivity index (χ1n) is 5.61. The molecule has 1 aromatic rings. The zero-order valence-electron chi connectivity index (χ0n) is 10.7. The Morgan fingerprint density at radius 1 is 1.35 bits per heavy atom. The van der Waals surface area contributed by atoms with Crippen LogP contribution in [-0.2, 0) is 0 Å². The van der Waals surface area contributed by atoms with E-state index >= 15 is 0 Å². The van der Waals surface area contributed by atoms with Crippen LogP contribution in [0.2, 0.25) is 0 Å². The summed E-state index contributed by atoms with van der Waals surface area (Å²) in [5.41, 5.74) is 2.20. The van der Waals surface area contributed by atoms with Gasteiger partial charge < -0.3 is 10.1 Å². The third-order valence-corrected chi connectivity index (χ3v) is 2.36. The minimum atomic E-state index is 0.624. The number of ether oxygens (including phenoxy) is 1. The van der Waals surface area contributed by atoms with Crippen molar-refractivity contribution in [2.75, 3.05) is 12.4 Å². The van der Waals surface area contributed by atoms with Gasteiger partial charge in [0.25, 0.3) is 0 Å². The van der Waals surface area contributed by atoms with E-state index in [9.17, 15) is 0 Å². The van der Waals surface area contributed by atoms with Crippen molar-refractivity contribution < 1.29 is 4.74 Å². The molecule has 0 fully saturated rings. The molecular weight excluding hydrogens is 210 g/mol. The lowest BCUT2D eigenvalue weighted by atomic mass is 10.2. The molecule has 0 unspecified atom stereocenters. The van der Waals surface area contributed by atoms with Gasteiger partial charge in [0.05, 0.1) is 0 Å². The fraction of sp³-hybridized carbons (Fsp3) is 0.200. The molecular formula is C15H19NO. The van der Waals surface area contributed by atoms with Gasteiger partial charge in [0, 0.05) is 18.8 Å². The molecule has 1 aromatic carbocycles. The van der Waals surface area contributed by atoms with Crippen LogP contribution in [0.15, 0.2) is 60.4 Å². The first-order valence-corrected chi connectivity index (χ1v) is 5.61. The molecule has 0 aromatic heterocycles. The zero-order chi connectivity index (χ0) is 12.7. The molecule has 0 bridgehead atoms. The second kappa shape index (κ2) is 6.59. The molecule has 0 aliphatic rings. The summed E-state index contributed by atoms with van der Waals surface area (Å²) in [5, 5.41) is 3.06. The minimum Gasteiger partial charge on any atom is -0.458 e. The number of rotatable bonds is 5. The Labute approximate surface area is 103 Å². The van der Waals surface area contributed by atoms with Crippen LogP contribution in [0, 0.1) is 0 Å². The van der Waals surface area contributed by atoms with Crippen molar-refractivity contribution in [3.63, 3.8) is 0 Å². The number of hydrogen-bond acceptors (Lipinski definition) is 2. The van der Waals surface area contributed by atoms with E-state index in [1.807, 2.05) is 63.4 Å². The van der Waals surface area contributed by atoms with Crippen LogP contribution in [0.3, 0.4) is 0 Å². The van der Waals surface area contributed by atoms with Crippen LogP contribution in [-0.4, -0.2) is 7.05 Å². The standard InChI is InChI=1S/C15H19NO/c1-5-12(2)9-10-13(3)17-15-8-6-7-14(11-15)16-4/h5-11,16H,3H2,1-2,4H3/b10-9-,12-5-. The number of nitrogens with one attached hydrogen (secondary N) is 1. The fourth-order valence-corrected chi connectivity index (χ4v) is 1.22. The molecule has 0 spiro atoms. The maximum atomic E-state index is 5.60. The maximum absolute atomic E-state index is 5.60. The van der Waals surface area contributed by atoms with Crippen LogP contribution in [0.25, 0.3) is 0 Å². The molecule has 2 nitrogen and oxygen atoms in total. The summed E-state index contributed by atoms with van der Waals surface area (Å²) in [6.07, 6.45) is 5.87. The summed E-state index contributed by atoms with van der Waals surface area (Å²) in [5.74, 6) is 1.41. The Balaban J connectivity index is 2.65. The monoisotopic (exact) mass is 229 g/mol. The second-order valence-corrected chi connectivity index (χ2v) is 3.71. The lowest BCUT2D eigenvalue weighted by molar-refractivity contribution is 0.447. The normalized spacial score (nSPS) is 11.6. The third kappa shape index (κ3) is 4.60. The fourth-order valence-electron chi connectivity index (χ4n) is 1.22. The van der Waals surface area contributed by atoms with Crippen molar-refractivity contribution in [2.24, 2.45) is 0 Å². The number of allylic oxidation sites excluding steroid dienone is 4. The molecule has 0 heterocycles. The van der Waals surface area contributed by atoms with Gasteiger partial charge in [-0.25, -0.2) is 0 Å². The van der Waals surface area contributed by atoms with E-state index in [1.54, 1.807) is 0 Å². The SMILES string of the molecule is C=C(/C=C\C(C)=C/C)Oc1cccc(NC)c1. The largest absolute Gasteiger partial charge is 0.458 e. The van der Waals surface area contributed by atoms with E-state index in [1.165, 1.54) is 5.57 Å². The first kappa shape index (κ1) is 13.1. The number of anilines is 1. The summed E-state index contributed by atoms with van der Waals surface area (Å²) in [6, 6.07) is 7.76. The van der Waals surface area contributed by atoms with E-state index < -0.39 is 0 Å². The third-order valence-electron chi connectivity index (χ3n) is 2.36. The van der Waals surface area contributed by atoms with Gasteiger partial charge in [0.15, 0.2) is 0 Å². The highest BCUT2D eigenvalue weighted by molar-refractivity contribution is 5.48. The molecule has 0 aliphatic heterocycles. The molecule has 0 aliphatic carbocycles. The van der Waals surface area contributed by atoms with Gasteiger partial charge in [-0.15, -0.1) is 0 Å². The lowest BCUT2D eigenvalue weighted by Gasteiger charge is -2.07. The highest BCUT2D eigenvalue weighted by atomic mass is 16.5. The molecule has 2 heteroatoms. The van der Waals surface area contributed by atoms with E-state index in [0.29, 0.717) is 5.76 Å². The number of hydrogen-bond donors (Lipinski definition) is 1. The summed E-state index contributed by atoms with van der Waals surface area (Å²) in [7, 11) is 1.88. The van der Waals surface area contributed by atoms with Crippen LogP contribution in [0.1, 0.15) is 13.8 Å². The number of benzene rings is 1. The van der Waals surface area contributed by atoms with Crippen molar-refractivity contribution in [1.82, 2.24) is 0 Å². The van der Waals surface area contributed by atoms with Gasteiger partial charge in [-0.3, -0.25) is 0 Å². The van der Waals surface area contributed by atoms with Gasteiger partial charge >= 0.3 is 0 Å². The van der Waals surface area contributed by atoms with Gasteiger partial charge in [0.2, 0.25) is 0 Å². The Bertz CT molecular complexity index is 444. The Kier molecular flexibility index (Phi) is 5.08. The second-order valence-electron chi connectivity index (χ2n) is 3.71. The lowest BCUT2D eigenvalue weighted by Crippen LogP contribution is -1.92. The van der Waals surface area contributed by atoms with Crippen molar-refractivity contribution in [3.8, 4) is 5.75 Å². The topological polar surface area (TPSA) is 21.3 Å². The van der Waals surface area contributed by atoms with E-state index in [4.69, 9.17) is 4.74 Å². The summed E-state index contributed by atoms with van der Waals surface area (Å²) < 4.78 is 5.60. The average Bonchev–Trinajstić information content (AvgIpc) is 2.36. The van der Waals surface area contributed by atoms with Crippen molar-refractivity contribution in [2.45, 2.75) is 13.8 Å². The maximum Gasteiger partial charge on any atom is 0.129 e. The molecule has 0 atom stereocenters. The highest BCUT2D eigenvalue weighted by Gasteiger charge is 1.96. The van der Waals surface area contributed by atoms with E-state index in [0.717, 1.165) is 11.4 Å². The molecule has 0 saturated heterocycles. The van der Waals surface area contributed by atoms with E-state index in [-0.39, 0.29) is 0 Å². The highest BCUT2D eigenvalue weighted by Crippen LogP contribution is 2.19. The van der Waals surface area contributed by atoms with Gasteiger partial charge in [-0.2, -0.15) is 0 Å². The molecule has 17 heavy (non-hydrogen) atoms. The van der Waals surface area contributed by atoms with Crippen molar-refractivity contribution in [3.05, 3.63) is 60.4 Å². The average molecular weight is 229 g/mol. The summed E-state index contributed by atoms with van der Waals surface area (Å²) >= 11 is 0. The molecule has 0 radical (unpaired) electrons. The van der Waals surface area contributed by atoms with Gasteiger partial charge in [-0.05, 0) is 32.1 Å². The molecule has 1 rings (SSSR count). The van der Waals surface area contributed by atoms with Crippen LogP contribution in [0.4, 0.5) is 5.69 Å². The predicted molar refractivity (Wildman–Crippen MR) is 74.3 cm³/mol. The molecule has 90 valence electrons. The van der Waals surface area contributed by atoms with E-state index in [2.05, 4.69) is 11.9 Å². The summed E-state index contributed by atoms with van der Waals surface area (Å²) in [4.78, 5) is 0. The zero-order valence-corrected chi connectivity index (χ0v) is 10.7. The van der Waals surface area contributed by atoms with Crippen molar-refractivity contribution in [1.29, 1.82) is 0 Å². The summed E-state index contributed by atoms with van der Waals surface area (Å²) in [6.45, 7) is 7.89. The Hall–Kier alpha value is -1.96. The van der Waals surface area contributed by atoms with Gasteiger partial charge in [0.1, 0.15) is 11.5 Å². The van der Waals surface area contributed by atoms with Crippen LogP contribution >= 0.6 is 0 Å². The quantitative estimate of drug-likeness (QED) is 0.605. The van der Waals surface area contributed by atoms with Gasteiger partial charge in [-0.1, -0.05) is 30.4 Å². The minimum absolute atomic E-state index is 0.624. The van der Waals surface area contributed by atoms with Crippen LogP contribution in [0.5, 0.6) is 5.75 Å². The van der Waals surface area contributed by atoms with Crippen LogP contribution < -0.4 is 10.1 Å².